The van der Waals surface area contributed by atoms with Gasteiger partial charge < -0.3 is 4.57 Å². The van der Waals surface area contributed by atoms with Crippen LogP contribution in [0, 0.1) is 5.82 Å². The summed E-state index contributed by atoms with van der Waals surface area (Å²) in [5, 5.41) is 0. The molecule has 0 aliphatic heterocycles. The van der Waals surface area contributed by atoms with Gasteiger partial charge in [0.2, 0.25) is 0 Å². The van der Waals surface area contributed by atoms with E-state index < -0.39 is 0 Å². The second-order valence-electron chi connectivity index (χ2n) is 5.78. The summed E-state index contributed by atoms with van der Waals surface area (Å²) in [6.07, 6.45) is 8.01. The zero-order chi connectivity index (χ0) is 14.9. The molecule has 114 valence electrons. The Morgan fingerprint density at radius 2 is 2.14 bits per heavy atom. The molecule has 2 nitrogen and oxygen atoms in total. The third-order valence-corrected chi connectivity index (χ3v) is 6.09. The highest BCUT2D eigenvalue weighted by Crippen LogP contribution is 2.42. The van der Waals surface area contributed by atoms with Crippen molar-refractivity contribution in [1.82, 2.24) is 9.55 Å². The van der Waals surface area contributed by atoms with Crippen molar-refractivity contribution in [3.8, 4) is 0 Å². The lowest BCUT2D eigenvalue weighted by molar-refractivity contribution is 0.502. The first-order valence-corrected chi connectivity index (χ1v) is 9.19. The molecule has 1 aliphatic carbocycles. The quantitative estimate of drug-likeness (QED) is 0.745. The Hall–Kier alpha value is -0.740. The third kappa shape index (κ3) is 2.93. The van der Waals surface area contributed by atoms with Crippen molar-refractivity contribution in [1.29, 1.82) is 0 Å². The van der Waals surface area contributed by atoms with Crippen LogP contribution in [0.4, 0.5) is 4.39 Å². The molecule has 1 saturated carbocycles. The SMILES string of the molecule is CSC1(Cn2c(CCCl)nc3cc(F)ccc32)CCCC1. The minimum atomic E-state index is -0.231. The van der Waals surface area contributed by atoms with E-state index in [0.29, 0.717) is 10.6 Å². The maximum absolute atomic E-state index is 13.4. The molecular formula is C16H20ClFN2S. The van der Waals surface area contributed by atoms with Crippen molar-refractivity contribution in [2.45, 2.75) is 43.4 Å². The van der Waals surface area contributed by atoms with Crippen LogP contribution in [-0.2, 0) is 13.0 Å². The third-order valence-electron chi connectivity index (χ3n) is 4.50. The van der Waals surface area contributed by atoms with E-state index in [4.69, 9.17) is 11.6 Å². The Balaban J connectivity index is 2.04. The molecule has 0 atom stereocenters. The van der Waals surface area contributed by atoms with Crippen LogP contribution in [0.3, 0.4) is 0 Å². The molecular weight excluding hydrogens is 307 g/mol. The van der Waals surface area contributed by atoms with Gasteiger partial charge in [-0.2, -0.15) is 11.8 Å². The average Bonchev–Trinajstić information content (AvgIpc) is 3.06. The van der Waals surface area contributed by atoms with Crippen LogP contribution >= 0.6 is 23.4 Å². The molecule has 21 heavy (non-hydrogen) atoms. The van der Waals surface area contributed by atoms with Crippen LogP contribution in [-0.4, -0.2) is 26.4 Å². The number of halogens is 2. The number of hydrogen-bond donors (Lipinski definition) is 0. The molecule has 1 heterocycles. The summed E-state index contributed by atoms with van der Waals surface area (Å²) in [6, 6.07) is 4.88. The molecule has 0 unspecified atom stereocenters. The van der Waals surface area contributed by atoms with Gasteiger partial charge in [0.25, 0.3) is 0 Å². The number of alkyl halides is 1. The molecule has 0 N–H and O–H groups in total. The fourth-order valence-corrected chi connectivity index (χ4v) is 4.46. The summed E-state index contributed by atoms with van der Waals surface area (Å²) in [7, 11) is 0. The van der Waals surface area contributed by atoms with E-state index >= 15 is 0 Å². The van der Waals surface area contributed by atoms with Gasteiger partial charge in [-0.25, -0.2) is 9.37 Å². The van der Waals surface area contributed by atoms with Gasteiger partial charge in [-0.1, -0.05) is 12.8 Å². The van der Waals surface area contributed by atoms with E-state index in [9.17, 15) is 4.39 Å². The number of benzene rings is 1. The number of aryl methyl sites for hydroxylation is 1. The molecule has 0 amide bonds. The van der Waals surface area contributed by atoms with Crippen molar-refractivity contribution >= 4 is 34.4 Å². The highest BCUT2D eigenvalue weighted by molar-refractivity contribution is 8.00. The lowest BCUT2D eigenvalue weighted by Gasteiger charge is -2.28. The van der Waals surface area contributed by atoms with E-state index in [1.54, 1.807) is 0 Å². The largest absolute Gasteiger partial charge is 0.327 e. The number of imidazole rings is 1. The van der Waals surface area contributed by atoms with Crippen molar-refractivity contribution in [2.24, 2.45) is 0 Å². The van der Waals surface area contributed by atoms with Crippen LogP contribution in [0.5, 0.6) is 0 Å². The van der Waals surface area contributed by atoms with Crippen LogP contribution in [0.2, 0.25) is 0 Å². The van der Waals surface area contributed by atoms with Gasteiger partial charge in [-0.15, -0.1) is 11.6 Å². The molecule has 1 aliphatic rings. The van der Waals surface area contributed by atoms with Crippen molar-refractivity contribution in [3.05, 3.63) is 29.8 Å². The number of fused-ring (bicyclic) bond motifs is 1. The molecule has 3 rings (SSSR count). The first-order valence-electron chi connectivity index (χ1n) is 7.43. The van der Waals surface area contributed by atoms with Crippen LogP contribution < -0.4 is 0 Å². The van der Waals surface area contributed by atoms with E-state index in [2.05, 4.69) is 15.8 Å². The second kappa shape index (κ2) is 6.17. The fourth-order valence-electron chi connectivity index (χ4n) is 3.34. The second-order valence-corrected chi connectivity index (χ2v) is 7.43. The van der Waals surface area contributed by atoms with Crippen molar-refractivity contribution in [2.75, 3.05) is 12.1 Å². The number of hydrogen-bond acceptors (Lipinski definition) is 2. The molecule has 1 aromatic carbocycles. The molecule has 1 aromatic heterocycles. The highest BCUT2D eigenvalue weighted by atomic mass is 35.5. The number of aromatic nitrogens is 2. The van der Waals surface area contributed by atoms with E-state index in [0.717, 1.165) is 29.8 Å². The van der Waals surface area contributed by atoms with Gasteiger partial charge in [-0.05, 0) is 31.2 Å². The summed E-state index contributed by atoms with van der Waals surface area (Å²) in [5.41, 5.74) is 1.77. The molecule has 0 spiro atoms. The number of thioether (sulfide) groups is 1. The Labute approximate surface area is 134 Å². The van der Waals surface area contributed by atoms with Crippen LogP contribution in [0.25, 0.3) is 11.0 Å². The molecule has 0 bridgehead atoms. The summed E-state index contributed by atoms with van der Waals surface area (Å²) in [6.45, 7) is 0.947. The Kier molecular flexibility index (Phi) is 4.46. The molecule has 1 fully saturated rings. The minimum absolute atomic E-state index is 0.231. The Morgan fingerprint density at radius 1 is 1.38 bits per heavy atom. The summed E-state index contributed by atoms with van der Waals surface area (Å²) < 4.78 is 16.0. The Morgan fingerprint density at radius 3 is 2.81 bits per heavy atom. The summed E-state index contributed by atoms with van der Waals surface area (Å²) >= 11 is 7.88. The molecule has 0 radical (unpaired) electrons. The number of nitrogens with zero attached hydrogens (tertiary/aromatic N) is 2. The average molecular weight is 327 g/mol. The fraction of sp³-hybridized carbons (Fsp3) is 0.562. The first-order chi connectivity index (χ1) is 10.2. The molecule has 2 aromatic rings. The lowest BCUT2D eigenvalue weighted by atomic mass is 10.1. The van der Waals surface area contributed by atoms with E-state index in [1.165, 1.54) is 37.8 Å². The minimum Gasteiger partial charge on any atom is -0.327 e. The summed E-state index contributed by atoms with van der Waals surface area (Å²) in [5.74, 6) is 1.29. The normalized spacial score (nSPS) is 17.7. The van der Waals surface area contributed by atoms with Gasteiger partial charge in [0.1, 0.15) is 11.6 Å². The van der Waals surface area contributed by atoms with Crippen LogP contribution in [0.15, 0.2) is 18.2 Å². The van der Waals surface area contributed by atoms with Gasteiger partial charge in [0.05, 0.1) is 11.0 Å². The molecule has 5 heteroatoms. The Bertz CT molecular complexity index is 634. The zero-order valence-electron chi connectivity index (χ0n) is 12.2. The number of rotatable bonds is 5. The summed E-state index contributed by atoms with van der Waals surface area (Å²) in [4.78, 5) is 4.60. The van der Waals surface area contributed by atoms with E-state index in [1.807, 2.05) is 17.8 Å². The lowest BCUT2D eigenvalue weighted by Crippen LogP contribution is -2.27. The van der Waals surface area contributed by atoms with Crippen molar-refractivity contribution < 1.29 is 4.39 Å². The highest BCUT2D eigenvalue weighted by Gasteiger charge is 2.34. The monoisotopic (exact) mass is 326 g/mol. The van der Waals surface area contributed by atoms with Crippen LogP contribution in [0.1, 0.15) is 31.5 Å². The van der Waals surface area contributed by atoms with E-state index in [-0.39, 0.29) is 5.82 Å². The maximum Gasteiger partial charge on any atom is 0.125 e. The maximum atomic E-state index is 13.4. The standard InChI is InChI=1S/C16H20ClFN2S/c1-21-16(7-2-3-8-16)11-20-14-5-4-12(18)10-13(14)19-15(20)6-9-17/h4-5,10H,2-3,6-9,11H2,1H3. The van der Waals surface area contributed by atoms with Gasteiger partial charge in [0.15, 0.2) is 0 Å². The van der Waals surface area contributed by atoms with Gasteiger partial charge in [-0.3, -0.25) is 0 Å². The smallest absolute Gasteiger partial charge is 0.125 e. The predicted octanol–water partition coefficient (Wildman–Crippen LogP) is 4.63. The molecule has 0 saturated heterocycles. The first kappa shape index (κ1) is 15.2. The zero-order valence-corrected chi connectivity index (χ0v) is 13.8. The van der Waals surface area contributed by atoms with Gasteiger partial charge in [0, 0.05) is 29.7 Å². The van der Waals surface area contributed by atoms with Gasteiger partial charge >= 0.3 is 0 Å². The van der Waals surface area contributed by atoms with Crippen molar-refractivity contribution in [3.63, 3.8) is 0 Å². The topological polar surface area (TPSA) is 17.8 Å². The predicted molar refractivity (Wildman–Crippen MR) is 88.8 cm³/mol.